The zero-order valence-electron chi connectivity index (χ0n) is 17.9. The quantitative estimate of drug-likeness (QED) is 0.340. The summed E-state index contributed by atoms with van der Waals surface area (Å²) in [6.45, 7) is 5.74. The van der Waals surface area contributed by atoms with Gasteiger partial charge < -0.3 is 9.72 Å². The number of nitrogens with one attached hydrogen (secondary N) is 1. The number of allylic oxidation sites excluding steroid dienone is 1. The first kappa shape index (κ1) is 22.7. The van der Waals surface area contributed by atoms with E-state index in [-0.39, 0.29) is 5.91 Å². The predicted octanol–water partition coefficient (Wildman–Crippen LogP) is 5.84. The van der Waals surface area contributed by atoms with Gasteiger partial charge in [0.2, 0.25) is 0 Å². The molecule has 1 N–H and O–H groups in total. The van der Waals surface area contributed by atoms with Crippen LogP contribution in [0.5, 0.6) is 0 Å². The molecule has 8 heteroatoms. The fraction of sp³-hybridized carbons (Fsp3) is 0.120. The summed E-state index contributed by atoms with van der Waals surface area (Å²) in [4.78, 5) is 25.6. The molecule has 6 nitrogen and oxygen atoms in total. The van der Waals surface area contributed by atoms with Crippen LogP contribution in [0.3, 0.4) is 0 Å². The molecular formula is C25H21Cl2N5O. The fourth-order valence-electron chi connectivity index (χ4n) is 3.52. The first-order valence-corrected chi connectivity index (χ1v) is 11.0. The molecular weight excluding hydrogens is 457 g/mol. The molecule has 166 valence electrons. The zero-order chi connectivity index (χ0) is 23.4. The largest absolute Gasteiger partial charge is 0.346 e. The van der Waals surface area contributed by atoms with Gasteiger partial charge in [-0.05, 0) is 61.7 Å². The summed E-state index contributed by atoms with van der Waals surface area (Å²) >= 11 is 12.1. The molecule has 0 saturated carbocycles. The second-order valence-corrected chi connectivity index (χ2v) is 8.54. The number of amides is 1. The predicted molar refractivity (Wildman–Crippen MR) is 134 cm³/mol. The molecule has 0 aliphatic carbocycles. The van der Waals surface area contributed by atoms with Gasteiger partial charge in [-0.1, -0.05) is 29.3 Å². The van der Waals surface area contributed by atoms with Crippen LogP contribution in [-0.2, 0) is 13.0 Å². The Kier molecular flexibility index (Phi) is 6.87. The maximum atomic E-state index is 12.8. The molecule has 0 aliphatic rings. The smallest absolute Gasteiger partial charge is 0.251 e. The van der Waals surface area contributed by atoms with Crippen LogP contribution >= 0.6 is 23.2 Å². The Hall–Kier alpha value is -3.48. The molecule has 1 amide bonds. The Morgan fingerprint density at radius 2 is 2.06 bits per heavy atom. The number of fused-ring (bicyclic) bond motifs is 1. The minimum absolute atomic E-state index is 0.191. The highest BCUT2D eigenvalue weighted by Crippen LogP contribution is 2.25. The molecule has 0 atom stereocenters. The van der Waals surface area contributed by atoms with Gasteiger partial charge in [0.15, 0.2) is 0 Å². The van der Waals surface area contributed by atoms with Crippen LogP contribution in [0.2, 0.25) is 5.02 Å². The van der Waals surface area contributed by atoms with Crippen molar-refractivity contribution >= 4 is 53.2 Å². The summed E-state index contributed by atoms with van der Waals surface area (Å²) in [5.41, 5.74) is 5.59. The zero-order valence-corrected chi connectivity index (χ0v) is 19.4. The van der Waals surface area contributed by atoms with E-state index in [2.05, 4.69) is 27.0 Å². The Balaban J connectivity index is 1.48. The summed E-state index contributed by atoms with van der Waals surface area (Å²) in [6.07, 6.45) is 7.55. The molecule has 3 aromatic heterocycles. The molecule has 0 radical (unpaired) electrons. The number of carbonyl (C=O) groups is 1. The highest BCUT2D eigenvalue weighted by atomic mass is 35.5. The Bertz CT molecular complexity index is 1370. The molecule has 33 heavy (non-hydrogen) atoms. The van der Waals surface area contributed by atoms with Gasteiger partial charge in [0.25, 0.3) is 5.91 Å². The number of halogens is 2. The molecule has 0 unspecified atom stereocenters. The van der Waals surface area contributed by atoms with Crippen LogP contribution in [0.25, 0.3) is 11.7 Å². The third kappa shape index (κ3) is 5.48. The lowest BCUT2D eigenvalue weighted by atomic mass is 10.0. The average molecular weight is 478 g/mol. The van der Waals surface area contributed by atoms with Gasteiger partial charge in [0.05, 0.1) is 29.1 Å². The molecule has 0 fully saturated rings. The third-order valence-electron chi connectivity index (χ3n) is 5.06. The van der Waals surface area contributed by atoms with Crippen molar-refractivity contribution in [1.29, 1.82) is 0 Å². The van der Waals surface area contributed by atoms with E-state index in [0.29, 0.717) is 28.6 Å². The lowest BCUT2D eigenvalue weighted by Gasteiger charge is -2.08. The number of aromatic nitrogens is 3. The summed E-state index contributed by atoms with van der Waals surface area (Å²) in [5, 5.41) is 4.19. The summed E-state index contributed by atoms with van der Waals surface area (Å²) in [5.74, 6) is -0.191. The number of aliphatic imine (C=N–C) groups is 1. The van der Waals surface area contributed by atoms with Gasteiger partial charge in [-0.15, -0.1) is 0 Å². The number of benzene rings is 1. The van der Waals surface area contributed by atoms with E-state index in [1.807, 2.05) is 41.7 Å². The Morgan fingerprint density at radius 3 is 2.85 bits per heavy atom. The number of hydrogen-bond acceptors (Lipinski definition) is 4. The number of hydrogen-bond donors (Lipinski definition) is 1. The molecule has 0 aliphatic heterocycles. The second kappa shape index (κ2) is 9.98. The first-order valence-electron chi connectivity index (χ1n) is 10.2. The van der Waals surface area contributed by atoms with Crippen molar-refractivity contribution < 1.29 is 4.79 Å². The van der Waals surface area contributed by atoms with Crippen LogP contribution < -0.4 is 5.32 Å². The van der Waals surface area contributed by atoms with Crippen molar-refractivity contribution in [2.24, 2.45) is 4.99 Å². The topological polar surface area (TPSA) is 71.7 Å². The first-order chi connectivity index (χ1) is 15.9. The lowest BCUT2D eigenvalue weighted by molar-refractivity contribution is 0.0950. The molecule has 4 aromatic rings. The van der Waals surface area contributed by atoms with Gasteiger partial charge in [-0.3, -0.25) is 14.8 Å². The SMILES string of the molecule is C=Nc1ccc(Cc2cc(C(=O)NCc3cnc4ccc(Cl)cn34)ccn2)cc1/C=C(\C)Cl. The van der Waals surface area contributed by atoms with Crippen molar-refractivity contribution in [2.45, 2.75) is 19.9 Å². The minimum Gasteiger partial charge on any atom is -0.346 e. The van der Waals surface area contributed by atoms with Crippen molar-refractivity contribution in [3.05, 3.63) is 99.2 Å². The molecule has 1 aromatic carbocycles. The van der Waals surface area contributed by atoms with Gasteiger partial charge in [0, 0.05) is 40.7 Å². The van der Waals surface area contributed by atoms with Crippen LogP contribution in [0, 0.1) is 0 Å². The molecule has 4 rings (SSSR count). The van der Waals surface area contributed by atoms with E-state index in [1.165, 1.54) is 0 Å². The highest BCUT2D eigenvalue weighted by molar-refractivity contribution is 6.31. The molecule has 0 spiro atoms. The number of carbonyl (C=O) groups excluding carboxylic acids is 1. The minimum atomic E-state index is -0.191. The van der Waals surface area contributed by atoms with Crippen LogP contribution in [0.15, 0.2) is 71.1 Å². The maximum absolute atomic E-state index is 12.8. The second-order valence-electron chi connectivity index (χ2n) is 7.50. The number of rotatable bonds is 7. The van der Waals surface area contributed by atoms with Crippen LogP contribution in [0.1, 0.15) is 39.8 Å². The third-order valence-corrected chi connectivity index (χ3v) is 5.39. The summed E-state index contributed by atoms with van der Waals surface area (Å²) in [7, 11) is 0. The molecule has 3 heterocycles. The summed E-state index contributed by atoms with van der Waals surface area (Å²) < 4.78 is 1.86. The fourth-order valence-corrected chi connectivity index (χ4v) is 3.80. The average Bonchev–Trinajstić information content (AvgIpc) is 3.19. The highest BCUT2D eigenvalue weighted by Gasteiger charge is 2.10. The number of nitrogens with zero attached hydrogens (tertiary/aromatic N) is 4. The Labute approximate surface area is 201 Å². The number of imidazole rings is 1. The van der Waals surface area contributed by atoms with Crippen molar-refractivity contribution in [1.82, 2.24) is 19.7 Å². The Morgan fingerprint density at radius 1 is 1.21 bits per heavy atom. The van der Waals surface area contributed by atoms with E-state index in [9.17, 15) is 4.79 Å². The van der Waals surface area contributed by atoms with Crippen molar-refractivity contribution in [2.75, 3.05) is 0 Å². The van der Waals surface area contributed by atoms with Gasteiger partial charge in [-0.2, -0.15) is 0 Å². The van der Waals surface area contributed by atoms with Crippen LogP contribution in [-0.4, -0.2) is 27.0 Å². The molecule has 0 saturated heterocycles. The maximum Gasteiger partial charge on any atom is 0.251 e. The monoisotopic (exact) mass is 477 g/mol. The van der Waals surface area contributed by atoms with E-state index in [0.717, 1.165) is 33.8 Å². The lowest BCUT2D eigenvalue weighted by Crippen LogP contribution is -2.23. The van der Waals surface area contributed by atoms with Crippen molar-refractivity contribution in [3.8, 4) is 0 Å². The van der Waals surface area contributed by atoms with E-state index in [1.54, 1.807) is 36.8 Å². The van der Waals surface area contributed by atoms with Crippen molar-refractivity contribution in [3.63, 3.8) is 0 Å². The van der Waals surface area contributed by atoms with E-state index in [4.69, 9.17) is 23.2 Å². The van der Waals surface area contributed by atoms with E-state index < -0.39 is 0 Å². The number of pyridine rings is 2. The van der Waals surface area contributed by atoms with Gasteiger partial charge in [-0.25, -0.2) is 4.98 Å². The van der Waals surface area contributed by atoms with Gasteiger partial charge >= 0.3 is 0 Å². The van der Waals surface area contributed by atoms with Gasteiger partial charge in [0.1, 0.15) is 5.65 Å². The normalized spacial score (nSPS) is 11.5. The van der Waals surface area contributed by atoms with E-state index >= 15 is 0 Å². The molecule has 0 bridgehead atoms. The standard InChI is InChI=1S/C25H21Cl2N5O/c1-16(26)9-19-10-17(3-5-23(19)28-2)11-21-12-18(7-8-29-21)25(33)31-14-22-13-30-24-6-4-20(27)15-32(22)24/h3-10,12-13,15H,2,11,14H2,1H3,(H,31,33)/b16-9+. The van der Waals surface area contributed by atoms with Crippen LogP contribution in [0.4, 0.5) is 5.69 Å². The summed E-state index contributed by atoms with van der Waals surface area (Å²) in [6, 6.07) is 13.0.